The molecule has 1 aromatic rings. The Balaban J connectivity index is 2.64. The molecule has 1 amide bonds. The van der Waals surface area contributed by atoms with E-state index in [0.29, 0.717) is 17.9 Å². The van der Waals surface area contributed by atoms with Crippen LogP contribution in [0.4, 0.5) is 0 Å². The van der Waals surface area contributed by atoms with Crippen LogP contribution in [0.2, 0.25) is 0 Å². The van der Waals surface area contributed by atoms with Crippen LogP contribution in [0.5, 0.6) is 5.75 Å². The van der Waals surface area contributed by atoms with E-state index < -0.39 is 12.6 Å². The highest BCUT2D eigenvalue weighted by molar-refractivity contribution is 5.94. The van der Waals surface area contributed by atoms with Gasteiger partial charge in [0.1, 0.15) is 5.75 Å². The molecule has 0 spiro atoms. The first-order valence-corrected chi connectivity index (χ1v) is 5.36. The van der Waals surface area contributed by atoms with Crippen molar-refractivity contribution in [2.24, 2.45) is 0 Å². The third-order valence-electron chi connectivity index (χ3n) is 1.99. The SMILES string of the molecule is CCCNC(=O)c1cccc(OCC(=O)O)c1. The van der Waals surface area contributed by atoms with Crippen molar-refractivity contribution in [3.63, 3.8) is 0 Å². The number of carboxylic acid groups (broad SMARTS) is 1. The Hall–Kier alpha value is -2.04. The van der Waals surface area contributed by atoms with Crippen LogP contribution < -0.4 is 10.1 Å². The molecule has 5 nitrogen and oxygen atoms in total. The highest BCUT2D eigenvalue weighted by atomic mass is 16.5. The number of amides is 1. The summed E-state index contributed by atoms with van der Waals surface area (Å²) in [6.45, 7) is 2.16. The van der Waals surface area contributed by atoms with Gasteiger partial charge in [-0.2, -0.15) is 0 Å². The van der Waals surface area contributed by atoms with Gasteiger partial charge in [-0.3, -0.25) is 4.79 Å². The van der Waals surface area contributed by atoms with E-state index >= 15 is 0 Å². The molecule has 17 heavy (non-hydrogen) atoms. The van der Waals surface area contributed by atoms with Crippen molar-refractivity contribution in [2.45, 2.75) is 13.3 Å². The van der Waals surface area contributed by atoms with Crippen LogP contribution in [0.15, 0.2) is 24.3 Å². The summed E-state index contributed by atoms with van der Waals surface area (Å²) in [6.07, 6.45) is 0.862. The molecule has 92 valence electrons. The van der Waals surface area contributed by atoms with Crippen molar-refractivity contribution in [1.29, 1.82) is 0 Å². The number of nitrogens with one attached hydrogen (secondary N) is 1. The average molecular weight is 237 g/mol. The Morgan fingerprint density at radius 2 is 2.18 bits per heavy atom. The zero-order chi connectivity index (χ0) is 12.7. The number of aliphatic carboxylic acids is 1. The minimum absolute atomic E-state index is 0.187. The van der Waals surface area contributed by atoms with Gasteiger partial charge in [0.25, 0.3) is 5.91 Å². The summed E-state index contributed by atoms with van der Waals surface area (Å²) in [4.78, 5) is 21.9. The summed E-state index contributed by atoms with van der Waals surface area (Å²) >= 11 is 0. The summed E-state index contributed by atoms with van der Waals surface area (Å²) in [6, 6.07) is 6.43. The van der Waals surface area contributed by atoms with Gasteiger partial charge in [-0.05, 0) is 24.6 Å². The average Bonchev–Trinajstić information content (AvgIpc) is 2.33. The molecule has 5 heteroatoms. The fourth-order valence-electron chi connectivity index (χ4n) is 1.21. The van der Waals surface area contributed by atoms with Crippen molar-refractivity contribution in [3.05, 3.63) is 29.8 Å². The van der Waals surface area contributed by atoms with Crippen LogP contribution in [-0.4, -0.2) is 30.1 Å². The van der Waals surface area contributed by atoms with Crippen LogP contribution >= 0.6 is 0 Å². The Labute approximate surface area is 99.4 Å². The van der Waals surface area contributed by atoms with E-state index in [2.05, 4.69) is 5.32 Å². The molecule has 0 fully saturated rings. The second-order valence-corrected chi connectivity index (χ2v) is 3.47. The minimum atomic E-state index is -1.05. The lowest BCUT2D eigenvalue weighted by atomic mass is 10.2. The maximum Gasteiger partial charge on any atom is 0.341 e. The van der Waals surface area contributed by atoms with Gasteiger partial charge in [0.15, 0.2) is 6.61 Å². The highest BCUT2D eigenvalue weighted by Crippen LogP contribution is 2.13. The van der Waals surface area contributed by atoms with Crippen LogP contribution in [0, 0.1) is 0 Å². The van der Waals surface area contributed by atoms with Gasteiger partial charge in [-0.1, -0.05) is 13.0 Å². The summed E-state index contributed by atoms with van der Waals surface area (Å²) in [5.41, 5.74) is 0.460. The van der Waals surface area contributed by atoms with Crippen molar-refractivity contribution < 1.29 is 19.4 Å². The zero-order valence-corrected chi connectivity index (χ0v) is 9.60. The first kappa shape index (κ1) is 13.0. The van der Waals surface area contributed by atoms with E-state index in [1.165, 1.54) is 6.07 Å². The number of hydrogen-bond acceptors (Lipinski definition) is 3. The molecule has 0 aliphatic heterocycles. The van der Waals surface area contributed by atoms with Gasteiger partial charge in [-0.25, -0.2) is 4.79 Å². The van der Waals surface area contributed by atoms with Gasteiger partial charge < -0.3 is 15.2 Å². The van der Waals surface area contributed by atoms with E-state index in [9.17, 15) is 9.59 Å². The van der Waals surface area contributed by atoms with E-state index in [1.54, 1.807) is 18.2 Å². The standard InChI is InChI=1S/C12H15NO4/c1-2-6-13-12(16)9-4-3-5-10(7-9)17-8-11(14)15/h3-5,7H,2,6,8H2,1H3,(H,13,16)(H,14,15). The Bertz CT molecular complexity index is 403. The number of carboxylic acids is 1. The van der Waals surface area contributed by atoms with E-state index in [0.717, 1.165) is 6.42 Å². The molecule has 0 heterocycles. The van der Waals surface area contributed by atoms with Crippen LogP contribution in [0.3, 0.4) is 0 Å². The largest absolute Gasteiger partial charge is 0.482 e. The molecule has 0 atom stereocenters. The highest BCUT2D eigenvalue weighted by Gasteiger charge is 2.06. The summed E-state index contributed by atoms with van der Waals surface area (Å²) in [5.74, 6) is -0.866. The van der Waals surface area contributed by atoms with Gasteiger partial charge >= 0.3 is 5.97 Å². The number of ether oxygens (including phenoxy) is 1. The van der Waals surface area contributed by atoms with Crippen LogP contribution in [0.1, 0.15) is 23.7 Å². The fraction of sp³-hybridized carbons (Fsp3) is 0.333. The molecule has 1 rings (SSSR count). The number of rotatable bonds is 6. The Morgan fingerprint density at radius 3 is 2.82 bits per heavy atom. The number of benzene rings is 1. The summed E-state index contributed by atoms with van der Waals surface area (Å²) in [5, 5.41) is 11.2. The van der Waals surface area contributed by atoms with Crippen molar-refractivity contribution in [3.8, 4) is 5.75 Å². The molecule has 0 bridgehead atoms. The molecular weight excluding hydrogens is 222 g/mol. The van der Waals surface area contributed by atoms with Crippen LogP contribution in [0.25, 0.3) is 0 Å². The summed E-state index contributed by atoms with van der Waals surface area (Å²) < 4.78 is 4.98. The molecule has 0 saturated heterocycles. The van der Waals surface area contributed by atoms with Gasteiger partial charge in [0, 0.05) is 12.1 Å². The van der Waals surface area contributed by atoms with Crippen molar-refractivity contribution >= 4 is 11.9 Å². The Morgan fingerprint density at radius 1 is 1.41 bits per heavy atom. The third kappa shape index (κ3) is 4.55. The number of carbonyl (C=O) groups excluding carboxylic acids is 1. The first-order chi connectivity index (χ1) is 8.13. The Kier molecular flexibility index (Phi) is 5.00. The van der Waals surface area contributed by atoms with Gasteiger partial charge in [0.2, 0.25) is 0 Å². The predicted molar refractivity (Wildman–Crippen MR) is 62.2 cm³/mol. The van der Waals surface area contributed by atoms with E-state index in [1.807, 2.05) is 6.92 Å². The number of carbonyl (C=O) groups is 2. The third-order valence-corrected chi connectivity index (χ3v) is 1.99. The van der Waals surface area contributed by atoms with Gasteiger partial charge in [-0.15, -0.1) is 0 Å². The zero-order valence-electron chi connectivity index (χ0n) is 9.60. The maximum absolute atomic E-state index is 11.6. The van der Waals surface area contributed by atoms with E-state index in [-0.39, 0.29) is 5.91 Å². The second kappa shape index (κ2) is 6.52. The maximum atomic E-state index is 11.6. The second-order valence-electron chi connectivity index (χ2n) is 3.47. The molecule has 0 radical (unpaired) electrons. The summed E-state index contributed by atoms with van der Waals surface area (Å²) in [7, 11) is 0. The minimum Gasteiger partial charge on any atom is -0.482 e. The fourth-order valence-corrected chi connectivity index (χ4v) is 1.21. The molecule has 0 aliphatic rings. The first-order valence-electron chi connectivity index (χ1n) is 5.36. The topological polar surface area (TPSA) is 75.6 Å². The monoisotopic (exact) mass is 237 g/mol. The van der Waals surface area contributed by atoms with Crippen molar-refractivity contribution in [1.82, 2.24) is 5.32 Å². The quantitative estimate of drug-likeness (QED) is 0.781. The normalized spacial score (nSPS) is 9.71. The van der Waals surface area contributed by atoms with Crippen molar-refractivity contribution in [2.75, 3.05) is 13.2 Å². The molecule has 0 aromatic heterocycles. The molecule has 0 unspecified atom stereocenters. The molecule has 0 saturated carbocycles. The molecule has 1 aromatic carbocycles. The van der Waals surface area contributed by atoms with Gasteiger partial charge in [0.05, 0.1) is 0 Å². The predicted octanol–water partition coefficient (Wildman–Crippen LogP) is 1.29. The molecule has 0 aliphatic carbocycles. The lowest BCUT2D eigenvalue weighted by molar-refractivity contribution is -0.139. The lowest BCUT2D eigenvalue weighted by Gasteiger charge is -2.06. The molecule has 2 N–H and O–H groups in total. The smallest absolute Gasteiger partial charge is 0.341 e. The lowest BCUT2D eigenvalue weighted by Crippen LogP contribution is -2.23. The molecular formula is C12H15NO4. The van der Waals surface area contributed by atoms with Crippen LogP contribution in [-0.2, 0) is 4.79 Å². The number of hydrogen-bond donors (Lipinski definition) is 2. The van der Waals surface area contributed by atoms with E-state index in [4.69, 9.17) is 9.84 Å².